The fourth-order valence-electron chi connectivity index (χ4n) is 2.08. The molecular formula is C13H24BrN3. The molecule has 0 aliphatic carbocycles. The molecule has 1 aromatic rings. The summed E-state index contributed by atoms with van der Waals surface area (Å²) in [5.74, 6) is 0.598. The molecular weight excluding hydrogens is 278 g/mol. The van der Waals surface area contributed by atoms with Crippen LogP contribution in [-0.4, -0.2) is 16.3 Å². The Morgan fingerprint density at radius 3 is 2.47 bits per heavy atom. The lowest BCUT2D eigenvalue weighted by Crippen LogP contribution is -2.29. The largest absolute Gasteiger partial charge is 0.309 e. The Hall–Kier alpha value is -0.350. The lowest BCUT2D eigenvalue weighted by atomic mass is 9.96. The molecule has 1 rings (SSSR count). The summed E-state index contributed by atoms with van der Waals surface area (Å²) >= 11 is 3.63. The normalized spacial score (nSPS) is 15.2. The molecule has 0 aromatic carbocycles. The highest BCUT2D eigenvalue weighted by Gasteiger charge is 2.24. The molecule has 0 aliphatic rings. The summed E-state index contributed by atoms with van der Waals surface area (Å²) in [6, 6.07) is 0.755. The Kier molecular flexibility index (Phi) is 5.67. The molecule has 1 aromatic heterocycles. The number of aromatic nitrogens is 2. The van der Waals surface area contributed by atoms with Crippen molar-refractivity contribution in [1.82, 2.24) is 15.1 Å². The van der Waals surface area contributed by atoms with Gasteiger partial charge in [0.25, 0.3) is 0 Å². The third-order valence-corrected chi connectivity index (χ3v) is 3.82. The Balaban J connectivity index is 3.12. The number of rotatable bonds is 6. The highest BCUT2D eigenvalue weighted by Crippen LogP contribution is 2.31. The van der Waals surface area contributed by atoms with E-state index in [9.17, 15) is 0 Å². The topological polar surface area (TPSA) is 29.9 Å². The predicted molar refractivity (Wildman–Crippen MR) is 76.2 cm³/mol. The Morgan fingerprint density at radius 1 is 1.35 bits per heavy atom. The van der Waals surface area contributed by atoms with Gasteiger partial charge in [0.15, 0.2) is 0 Å². The third-order valence-electron chi connectivity index (χ3n) is 3.21. The van der Waals surface area contributed by atoms with Crippen LogP contribution < -0.4 is 5.32 Å². The maximum absolute atomic E-state index is 4.46. The van der Waals surface area contributed by atoms with Crippen LogP contribution in [0.4, 0.5) is 0 Å². The maximum Gasteiger partial charge on any atom is 0.0701 e. The maximum atomic E-state index is 4.46. The summed E-state index contributed by atoms with van der Waals surface area (Å²) in [4.78, 5) is 0. The highest BCUT2D eigenvalue weighted by atomic mass is 79.9. The second-order valence-electron chi connectivity index (χ2n) is 4.84. The molecule has 17 heavy (non-hydrogen) atoms. The van der Waals surface area contributed by atoms with Crippen molar-refractivity contribution < 1.29 is 0 Å². The van der Waals surface area contributed by atoms with Gasteiger partial charge in [0.05, 0.1) is 22.4 Å². The van der Waals surface area contributed by atoms with Crippen molar-refractivity contribution in [3.05, 3.63) is 16.4 Å². The van der Waals surface area contributed by atoms with Gasteiger partial charge in [-0.1, -0.05) is 27.2 Å². The molecule has 2 unspecified atom stereocenters. The fourth-order valence-corrected chi connectivity index (χ4v) is 2.60. The van der Waals surface area contributed by atoms with E-state index in [4.69, 9.17) is 0 Å². The lowest BCUT2D eigenvalue weighted by molar-refractivity contribution is 0.348. The molecule has 2 atom stereocenters. The summed E-state index contributed by atoms with van der Waals surface area (Å²) < 4.78 is 3.22. The van der Waals surface area contributed by atoms with Gasteiger partial charge >= 0.3 is 0 Å². The average molecular weight is 302 g/mol. The minimum absolute atomic E-state index is 0.365. The van der Waals surface area contributed by atoms with E-state index >= 15 is 0 Å². The van der Waals surface area contributed by atoms with Gasteiger partial charge in [0.1, 0.15) is 0 Å². The van der Waals surface area contributed by atoms with Crippen molar-refractivity contribution in [2.75, 3.05) is 6.54 Å². The molecule has 1 heterocycles. The van der Waals surface area contributed by atoms with E-state index in [2.05, 4.69) is 65.6 Å². The number of nitrogens with zero attached hydrogens (tertiary/aromatic N) is 2. The molecule has 0 bridgehead atoms. The molecule has 0 fully saturated rings. The monoisotopic (exact) mass is 301 g/mol. The van der Waals surface area contributed by atoms with E-state index in [0.717, 1.165) is 17.4 Å². The van der Waals surface area contributed by atoms with Crippen LogP contribution >= 0.6 is 15.9 Å². The van der Waals surface area contributed by atoms with E-state index in [1.54, 1.807) is 0 Å². The van der Waals surface area contributed by atoms with Gasteiger partial charge in [0.2, 0.25) is 0 Å². The predicted octanol–water partition coefficient (Wildman–Crippen LogP) is 3.92. The van der Waals surface area contributed by atoms with Crippen molar-refractivity contribution in [2.24, 2.45) is 5.92 Å². The van der Waals surface area contributed by atoms with Gasteiger partial charge < -0.3 is 5.32 Å². The number of hydrogen-bond donors (Lipinski definition) is 1. The minimum Gasteiger partial charge on any atom is -0.309 e. The van der Waals surface area contributed by atoms with Crippen LogP contribution in [-0.2, 0) is 0 Å². The lowest BCUT2D eigenvalue weighted by Gasteiger charge is -2.26. The molecule has 3 nitrogen and oxygen atoms in total. The zero-order valence-corrected chi connectivity index (χ0v) is 13.1. The van der Waals surface area contributed by atoms with Gasteiger partial charge in [-0.2, -0.15) is 5.10 Å². The molecule has 0 radical (unpaired) electrons. The number of nitrogens with one attached hydrogen (secondary N) is 1. The van der Waals surface area contributed by atoms with E-state index < -0.39 is 0 Å². The first kappa shape index (κ1) is 14.7. The van der Waals surface area contributed by atoms with E-state index in [1.165, 1.54) is 5.69 Å². The van der Waals surface area contributed by atoms with Crippen LogP contribution in [0.2, 0.25) is 0 Å². The summed E-state index contributed by atoms with van der Waals surface area (Å²) in [5.41, 5.74) is 1.27. The van der Waals surface area contributed by atoms with Crippen LogP contribution in [0.15, 0.2) is 10.7 Å². The van der Waals surface area contributed by atoms with E-state index in [0.29, 0.717) is 18.0 Å². The Labute approximate surface area is 113 Å². The highest BCUT2D eigenvalue weighted by molar-refractivity contribution is 9.10. The van der Waals surface area contributed by atoms with Crippen LogP contribution in [0.3, 0.4) is 0 Å². The first-order valence-corrected chi connectivity index (χ1v) is 7.28. The zero-order valence-electron chi connectivity index (χ0n) is 11.5. The quantitative estimate of drug-likeness (QED) is 0.863. The van der Waals surface area contributed by atoms with Crippen LogP contribution in [0.5, 0.6) is 0 Å². The molecule has 0 saturated carbocycles. The Bertz CT molecular complexity index is 346. The fraction of sp³-hybridized carbons (Fsp3) is 0.769. The summed E-state index contributed by atoms with van der Waals surface area (Å²) in [6.07, 6.45) is 3.06. The van der Waals surface area contributed by atoms with Crippen molar-refractivity contribution in [3.63, 3.8) is 0 Å². The van der Waals surface area contributed by atoms with Crippen molar-refractivity contribution in [1.29, 1.82) is 0 Å². The smallest absolute Gasteiger partial charge is 0.0701 e. The van der Waals surface area contributed by atoms with Crippen molar-refractivity contribution in [3.8, 4) is 0 Å². The first-order chi connectivity index (χ1) is 8.02. The molecule has 98 valence electrons. The van der Waals surface area contributed by atoms with E-state index in [-0.39, 0.29) is 0 Å². The van der Waals surface area contributed by atoms with Crippen molar-refractivity contribution in [2.45, 2.75) is 53.1 Å². The second-order valence-corrected chi connectivity index (χ2v) is 5.69. The SMILES string of the molecule is CCNC(c1c(Br)cnn1C(C)C)C(C)CC. The standard InChI is InChI=1S/C13H24BrN3/c1-6-10(5)12(15-7-2)13-11(14)8-16-17(13)9(3)4/h8-10,12,15H,6-7H2,1-5H3. The molecule has 0 aliphatic heterocycles. The van der Waals surface area contributed by atoms with Gasteiger partial charge in [-0.25, -0.2) is 0 Å². The number of halogens is 1. The molecule has 0 spiro atoms. The number of hydrogen-bond acceptors (Lipinski definition) is 2. The van der Waals surface area contributed by atoms with Crippen LogP contribution in [0, 0.1) is 5.92 Å². The Morgan fingerprint density at radius 2 is 2.00 bits per heavy atom. The van der Waals surface area contributed by atoms with Gasteiger partial charge in [-0.3, -0.25) is 4.68 Å². The summed E-state index contributed by atoms with van der Waals surface area (Å²) in [7, 11) is 0. The summed E-state index contributed by atoms with van der Waals surface area (Å²) in [6.45, 7) is 12.0. The molecule has 1 N–H and O–H groups in total. The first-order valence-electron chi connectivity index (χ1n) is 6.49. The second kappa shape index (κ2) is 6.55. The van der Waals surface area contributed by atoms with Gasteiger partial charge in [-0.15, -0.1) is 0 Å². The van der Waals surface area contributed by atoms with E-state index in [1.807, 2.05) is 6.20 Å². The molecule has 4 heteroatoms. The molecule has 0 amide bonds. The third kappa shape index (κ3) is 3.32. The van der Waals surface area contributed by atoms with Gasteiger partial charge in [-0.05, 0) is 42.2 Å². The molecule has 0 saturated heterocycles. The summed E-state index contributed by atoms with van der Waals surface area (Å²) in [5, 5.41) is 8.05. The average Bonchev–Trinajstić information content (AvgIpc) is 2.67. The van der Waals surface area contributed by atoms with Crippen molar-refractivity contribution >= 4 is 15.9 Å². The van der Waals surface area contributed by atoms with Crippen LogP contribution in [0.1, 0.15) is 58.8 Å². The minimum atomic E-state index is 0.365. The zero-order chi connectivity index (χ0) is 13.0. The van der Waals surface area contributed by atoms with Crippen LogP contribution in [0.25, 0.3) is 0 Å². The van der Waals surface area contributed by atoms with Gasteiger partial charge in [0, 0.05) is 6.04 Å².